The highest BCUT2D eigenvalue weighted by Crippen LogP contribution is 2.40. The van der Waals surface area contributed by atoms with Crippen molar-refractivity contribution in [3.8, 4) is 111 Å². The molecular formula is C96H107N21O8. The van der Waals surface area contributed by atoms with Gasteiger partial charge in [-0.2, -0.15) is 5.26 Å². The second-order valence-electron chi connectivity index (χ2n) is 30.4. The van der Waals surface area contributed by atoms with Gasteiger partial charge in [0.15, 0.2) is 57.8 Å². The van der Waals surface area contributed by atoms with E-state index in [1.807, 2.05) is 87.1 Å². The van der Waals surface area contributed by atoms with Crippen molar-refractivity contribution in [3.63, 3.8) is 0 Å². The van der Waals surface area contributed by atoms with Crippen molar-refractivity contribution in [2.75, 3.05) is 49.5 Å². The Morgan fingerprint density at radius 1 is 0.400 bits per heavy atom. The standard InChI is InChI=1S/C23H24N4O3.C22H21N5O.C18H20N4O.C17H24N4O.C16H18N4O2/c1-14(2)19-12-26-17(8-6-16-7-9-18(28-4)11-20(16)29-5)10-21(19)30-22-13-25-15(3)27-23(22)24;1-14(2)19-12-26-18(9-8-16-4-6-17(11-23)7-5-16)10-20(19)28-21-13-25-15(3)27-22(21)24;1-11(2)15-9-21-14(7-6-13-4-5-13)8-16(15)23-17-10-20-12(3)22-18(17)19;1-6-11(4)14-7-15(13(8-20-14)10(2)3)22-16-9-19-12(5)21-17(16)18;1-10(2)13-8-19-12(5-4-6-21)7-14(13)22-15-9-18-11(3)20-16(15)17/h7,9-14H,1-5H3,(H2,24,25,27);4-10,12-14H,1-3H3,(H2,24,25,27);8-11,13H,4-5H2,1-3H3,(H2,19,20,22);7-11H,6H2,1-5H3,(H2,18,19,21);7-10,21H,6H2,1-3H3,(H2,17,18,20)/b;9-8+;;;. The van der Waals surface area contributed by atoms with Gasteiger partial charge in [0.1, 0.15) is 93.1 Å². The lowest BCUT2D eigenvalue weighted by Gasteiger charge is -2.17. The van der Waals surface area contributed by atoms with Gasteiger partial charge in [0.2, 0.25) is 0 Å². The SMILES string of the molecule is CCC(C)c1cc(Oc2cnc(C)nc2N)c(C(C)C)cn1.COc1ccc(C#Cc2cc(Oc3cnc(C)nc3N)c(C(C)C)cn2)c(OC)c1.Cc1ncc(Oc2cc(/C=C/c3ccc(C#N)cc3)ncc2C(C)C)c(N)n1.Cc1ncc(Oc2cc(C#CC3CC3)ncc2C(C)C)c(N)n1.Cc1ncc(Oc2cc(C#CCO)ncc2C(C)C)c(N)n1. The van der Waals surface area contributed by atoms with Crippen LogP contribution in [0.3, 0.4) is 0 Å². The maximum atomic E-state index is 8.88. The van der Waals surface area contributed by atoms with Crippen LogP contribution in [0.25, 0.3) is 12.2 Å². The third kappa shape index (κ3) is 27.8. The van der Waals surface area contributed by atoms with Crippen LogP contribution < -0.4 is 61.8 Å². The van der Waals surface area contributed by atoms with E-state index >= 15 is 0 Å². The summed E-state index contributed by atoms with van der Waals surface area (Å²) in [6, 6.07) is 24.2. The largest absolute Gasteiger partial charge is 0.497 e. The number of methoxy groups -OCH3 is 2. The molecule has 644 valence electrons. The van der Waals surface area contributed by atoms with Gasteiger partial charge >= 0.3 is 0 Å². The van der Waals surface area contributed by atoms with Gasteiger partial charge in [-0.15, -0.1) is 0 Å². The molecule has 1 atom stereocenters. The highest BCUT2D eigenvalue weighted by molar-refractivity contribution is 5.69. The zero-order valence-electron chi connectivity index (χ0n) is 74.1. The number of nitrogens with two attached hydrogens (primary N) is 5. The third-order valence-electron chi connectivity index (χ3n) is 18.9. The van der Waals surface area contributed by atoms with E-state index in [0.29, 0.717) is 150 Å². The van der Waals surface area contributed by atoms with Crippen molar-refractivity contribution >= 4 is 41.2 Å². The predicted octanol–water partition coefficient (Wildman–Crippen LogP) is 18.5. The summed E-state index contributed by atoms with van der Waals surface area (Å²) in [6.07, 6.45) is 24.2. The van der Waals surface area contributed by atoms with E-state index in [4.69, 9.17) is 72.2 Å². The molecule has 12 aromatic rings. The molecular weight excluding hydrogens is 1580 g/mol. The Morgan fingerprint density at radius 3 is 1.12 bits per heavy atom. The number of benzene rings is 2. The van der Waals surface area contributed by atoms with Crippen molar-refractivity contribution < 1.29 is 38.3 Å². The number of aryl methyl sites for hydroxylation is 5. The van der Waals surface area contributed by atoms with Crippen LogP contribution in [0.4, 0.5) is 29.1 Å². The third-order valence-corrected chi connectivity index (χ3v) is 18.9. The molecule has 29 heteroatoms. The summed E-state index contributed by atoms with van der Waals surface area (Å²) >= 11 is 0. The second-order valence-corrected chi connectivity index (χ2v) is 30.4. The van der Waals surface area contributed by atoms with Crippen LogP contribution in [0.5, 0.6) is 69.0 Å². The Hall–Kier alpha value is -14.9. The number of nitrogens with zero attached hydrogens (tertiary/aromatic N) is 16. The van der Waals surface area contributed by atoms with Crippen LogP contribution in [0.2, 0.25) is 0 Å². The van der Waals surface area contributed by atoms with E-state index in [1.165, 1.54) is 12.8 Å². The zero-order valence-corrected chi connectivity index (χ0v) is 74.1. The molecule has 10 aromatic heterocycles. The van der Waals surface area contributed by atoms with Gasteiger partial charge in [0.25, 0.3) is 0 Å². The molecule has 1 unspecified atom stereocenters. The summed E-state index contributed by atoms with van der Waals surface area (Å²) in [7, 11) is 3.20. The monoisotopic (exact) mass is 1680 g/mol. The average molecular weight is 1680 g/mol. The molecule has 1 aliphatic rings. The highest BCUT2D eigenvalue weighted by atomic mass is 16.5. The number of hydrogen-bond acceptors (Lipinski definition) is 29. The van der Waals surface area contributed by atoms with Gasteiger partial charge in [-0.05, 0) is 143 Å². The number of aromatic nitrogens is 15. The molecule has 0 saturated heterocycles. The molecule has 10 heterocycles. The topological polar surface area (TPSA) is 432 Å². The van der Waals surface area contributed by atoms with Crippen molar-refractivity contribution in [1.29, 1.82) is 5.26 Å². The van der Waals surface area contributed by atoms with E-state index in [2.05, 4.69) is 186 Å². The van der Waals surface area contributed by atoms with Gasteiger partial charge in [-0.1, -0.05) is 119 Å². The first-order valence-corrected chi connectivity index (χ1v) is 40.7. The number of rotatable bonds is 21. The van der Waals surface area contributed by atoms with Crippen LogP contribution in [0.1, 0.15) is 240 Å². The fourth-order valence-electron chi connectivity index (χ4n) is 11.4. The molecule has 11 N–H and O–H groups in total. The Balaban J connectivity index is 0.000000178. The number of hydrogen-bond donors (Lipinski definition) is 6. The van der Waals surface area contributed by atoms with E-state index in [1.54, 1.807) is 123 Å². The maximum Gasteiger partial charge on any atom is 0.187 e. The first-order chi connectivity index (χ1) is 59.8. The Bertz CT molecular complexity index is 6020. The van der Waals surface area contributed by atoms with E-state index in [-0.39, 0.29) is 41.9 Å². The number of aliphatic hydroxyl groups is 1. The van der Waals surface area contributed by atoms with Gasteiger partial charge in [-0.3, -0.25) is 9.97 Å². The lowest BCUT2D eigenvalue weighted by molar-refractivity contribution is 0.350. The molecule has 0 spiro atoms. The predicted molar refractivity (Wildman–Crippen MR) is 486 cm³/mol. The van der Waals surface area contributed by atoms with Crippen molar-refractivity contribution in [2.24, 2.45) is 5.92 Å². The van der Waals surface area contributed by atoms with E-state index < -0.39 is 0 Å². The quantitative estimate of drug-likeness (QED) is 0.0364. The second kappa shape index (κ2) is 45.1. The van der Waals surface area contributed by atoms with Crippen LogP contribution >= 0.6 is 0 Å². The van der Waals surface area contributed by atoms with Crippen LogP contribution in [0.15, 0.2) is 135 Å². The molecule has 0 radical (unpaired) electrons. The minimum absolute atomic E-state index is 0.198. The minimum atomic E-state index is -0.220. The average Bonchev–Trinajstić information content (AvgIpc) is 1.66. The zero-order chi connectivity index (χ0) is 90.6. The summed E-state index contributed by atoms with van der Waals surface area (Å²) in [4.78, 5) is 63.6. The van der Waals surface area contributed by atoms with Crippen molar-refractivity contribution in [1.82, 2.24) is 74.8 Å². The molecule has 1 aliphatic carbocycles. The fourth-order valence-corrected chi connectivity index (χ4v) is 11.4. The summed E-state index contributed by atoms with van der Waals surface area (Å²) in [6.45, 7) is 33.7. The smallest absolute Gasteiger partial charge is 0.187 e. The van der Waals surface area contributed by atoms with E-state index in [0.717, 1.165) is 62.5 Å². The lowest BCUT2D eigenvalue weighted by Crippen LogP contribution is -2.03. The number of aliphatic hydroxyl groups excluding tert-OH is 1. The Kier molecular flexibility index (Phi) is 33.9. The molecule has 125 heavy (non-hydrogen) atoms. The van der Waals surface area contributed by atoms with Gasteiger partial charge in [-0.25, -0.2) is 64.8 Å². The number of anilines is 5. The highest BCUT2D eigenvalue weighted by Gasteiger charge is 2.22. The molecule has 0 amide bonds. The molecule has 13 rings (SSSR count). The van der Waals surface area contributed by atoms with Crippen LogP contribution in [0, 0.1) is 87.4 Å². The molecule has 29 nitrogen and oxygen atoms in total. The number of nitriles is 1. The van der Waals surface area contributed by atoms with Gasteiger partial charge in [0.05, 0.1) is 68.1 Å². The summed E-state index contributed by atoms with van der Waals surface area (Å²) in [5, 5.41) is 17.7. The van der Waals surface area contributed by atoms with Gasteiger partial charge < -0.3 is 66.9 Å². The van der Waals surface area contributed by atoms with E-state index in [9.17, 15) is 0 Å². The summed E-state index contributed by atoms with van der Waals surface area (Å²) < 4.78 is 40.5. The van der Waals surface area contributed by atoms with Crippen molar-refractivity contribution in [3.05, 3.63) is 237 Å². The fraction of sp³-hybridized carbons (Fsp3) is 0.312. The van der Waals surface area contributed by atoms with Crippen LogP contribution in [-0.2, 0) is 0 Å². The van der Waals surface area contributed by atoms with Crippen molar-refractivity contribution in [2.45, 2.75) is 172 Å². The number of nitrogen functional groups attached to an aromatic ring is 5. The molecule has 2 aromatic carbocycles. The minimum Gasteiger partial charge on any atom is -0.497 e. The molecule has 0 bridgehead atoms. The first-order valence-electron chi connectivity index (χ1n) is 40.7. The summed E-state index contributed by atoms with van der Waals surface area (Å²) in [5.74, 6) is 31.3. The normalized spacial score (nSPS) is 11.4. The molecule has 1 saturated carbocycles. The lowest BCUT2D eigenvalue weighted by atomic mass is 10.00. The maximum absolute atomic E-state index is 8.88. The molecule has 1 fully saturated rings. The Morgan fingerprint density at radius 2 is 0.768 bits per heavy atom. The Labute approximate surface area is 731 Å². The number of ether oxygens (including phenoxy) is 7. The summed E-state index contributed by atoms with van der Waals surface area (Å²) in [5.41, 5.74) is 40.4. The van der Waals surface area contributed by atoms with Crippen LogP contribution in [-0.4, -0.2) is 101 Å². The molecule has 0 aliphatic heterocycles. The number of pyridine rings is 5. The van der Waals surface area contributed by atoms with Gasteiger partial charge in [0, 0.05) is 107 Å². The first kappa shape index (κ1) is 93.9.